The summed E-state index contributed by atoms with van der Waals surface area (Å²) in [5.41, 5.74) is 0. The molecule has 5 nitrogen and oxygen atoms in total. The van der Waals surface area contributed by atoms with Crippen molar-refractivity contribution < 1.29 is 9.53 Å². The highest BCUT2D eigenvalue weighted by molar-refractivity contribution is 7.12. The fourth-order valence-corrected chi connectivity index (χ4v) is 3.76. The number of halogens is 1. The summed E-state index contributed by atoms with van der Waals surface area (Å²) < 4.78 is 5.45. The van der Waals surface area contributed by atoms with Gasteiger partial charge in [-0.2, -0.15) is 0 Å². The lowest BCUT2D eigenvalue weighted by molar-refractivity contribution is -0.126. The van der Waals surface area contributed by atoms with Crippen LogP contribution in [0.15, 0.2) is 12.1 Å². The normalized spacial score (nSPS) is 20.8. The third-order valence-electron chi connectivity index (χ3n) is 4.20. The summed E-state index contributed by atoms with van der Waals surface area (Å²) in [5.74, 6) is 0.334. The van der Waals surface area contributed by atoms with E-state index in [9.17, 15) is 4.79 Å². The van der Waals surface area contributed by atoms with Crippen LogP contribution in [0, 0.1) is 12.8 Å². The number of amides is 1. The zero-order valence-corrected chi connectivity index (χ0v) is 14.5. The molecule has 3 rings (SSSR count). The maximum absolute atomic E-state index is 12.1. The molecule has 0 radical (unpaired) electrons. The molecule has 124 valence electrons. The Balaban J connectivity index is 0.00000176. The summed E-state index contributed by atoms with van der Waals surface area (Å²) in [6.45, 7) is 7.87. The van der Waals surface area contributed by atoms with Gasteiger partial charge in [0, 0.05) is 42.5 Å². The molecule has 2 aliphatic heterocycles. The number of ether oxygens (including phenoxy) is 1. The van der Waals surface area contributed by atoms with Crippen LogP contribution in [-0.4, -0.2) is 56.7 Å². The predicted molar refractivity (Wildman–Crippen MR) is 90.8 cm³/mol. The van der Waals surface area contributed by atoms with Gasteiger partial charge in [0.2, 0.25) is 5.91 Å². The molecule has 2 fully saturated rings. The van der Waals surface area contributed by atoms with Crippen molar-refractivity contribution in [1.29, 1.82) is 0 Å². The van der Waals surface area contributed by atoms with Crippen molar-refractivity contribution >= 4 is 29.7 Å². The van der Waals surface area contributed by atoms with Crippen LogP contribution in [0.4, 0.5) is 0 Å². The van der Waals surface area contributed by atoms with E-state index in [0.29, 0.717) is 6.54 Å². The number of aryl methyl sites for hydroxylation is 1. The van der Waals surface area contributed by atoms with Gasteiger partial charge in [-0.3, -0.25) is 9.69 Å². The maximum atomic E-state index is 12.1. The van der Waals surface area contributed by atoms with E-state index in [2.05, 4.69) is 34.6 Å². The predicted octanol–water partition coefficient (Wildman–Crippen LogP) is 1.19. The van der Waals surface area contributed by atoms with Crippen LogP contribution >= 0.6 is 23.7 Å². The van der Waals surface area contributed by atoms with Gasteiger partial charge < -0.3 is 15.4 Å². The van der Waals surface area contributed by atoms with Crippen LogP contribution < -0.4 is 10.6 Å². The summed E-state index contributed by atoms with van der Waals surface area (Å²) in [6, 6.07) is 4.62. The van der Waals surface area contributed by atoms with E-state index in [1.54, 1.807) is 0 Å². The Kier molecular flexibility index (Phi) is 6.65. The molecule has 22 heavy (non-hydrogen) atoms. The maximum Gasteiger partial charge on any atom is 0.225 e. The molecule has 1 amide bonds. The molecule has 1 atom stereocenters. The quantitative estimate of drug-likeness (QED) is 0.841. The summed E-state index contributed by atoms with van der Waals surface area (Å²) in [5, 5.41) is 6.28. The van der Waals surface area contributed by atoms with Gasteiger partial charge >= 0.3 is 0 Å². The Hall–Kier alpha value is -0.660. The molecule has 1 aromatic rings. The largest absolute Gasteiger partial charge is 0.379 e. The Morgan fingerprint density at radius 1 is 1.45 bits per heavy atom. The minimum atomic E-state index is 0. The van der Waals surface area contributed by atoms with Crippen molar-refractivity contribution in [3.8, 4) is 0 Å². The fourth-order valence-electron chi connectivity index (χ4n) is 2.75. The van der Waals surface area contributed by atoms with E-state index in [0.717, 1.165) is 39.4 Å². The Labute approximate surface area is 141 Å². The van der Waals surface area contributed by atoms with Gasteiger partial charge in [0.15, 0.2) is 0 Å². The molecule has 2 N–H and O–H groups in total. The van der Waals surface area contributed by atoms with E-state index >= 15 is 0 Å². The third kappa shape index (κ3) is 4.20. The third-order valence-corrected chi connectivity index (χ3v) is 5.30. The average Bonchev–Trinajstić information content (AvgIpc) is 2.85. The van der Waals surface area contributed by atoms with E-state index < -0.39 is 0 Å². The second kappa shape index (κ2) is 8.26. The van der Waals surface area contributed by atoms with Gasteiger partial charge in [-0.1, -0.05) is 0 Å². The molecule has 2 aliphatic rings. The van der Waals surface area contributed by atoms with Crippen LogP contribution in [0.1, 0.15) is 15.8 Å². The first-order valence-corrected chi connectivity index (χ1v) is 8.42. The second-order valence-corrected chi connectivity index (χ2v) is 7.03. The first-order chi connectivity index (χ1) is 10.2. The Morgan fingerprint density at radius 2 is 2.18 bits per heavy atom. The Morgan fingerprint density at radius 3 is 2.73 bits per heavy atom. The highest BCUT2D eigenvalue weighted by atomic mass is 35.5. The van der Waals surface area contributed by atoms with Gasteiger partial charge in [0.25, 0.3) is 0 Å². The highest BCUT2D eigenvalue weighted by Crippen LogP contribution is 2.28. The van der Waals surface area contributed by atoms with Crippen molar-refractivity contribution in [1.82, 2.24) is 15.5 Å². The number of hydrogen-bond donors (Lipinski definition) is 2. The molecular formula is C15H24ClN3O2S. The number of thiophene rings is 1. The Bertz CT molecular complexity index is 487. The van der Waals surface area contributed by atoms with Crippen molar-refractivity contribution in [2.75, 3.05) is 45.9 Å². The average molecular weight is 346 g/mol. The van der Waals surface area contributed by atoms with E-state index in [-0.39, 0.29) is 30.3 Å². The van der Waals surface area contributed by atoms with Gasteiger partial charge in [0.05, 0.1) is 25.2 Å². The number of hydrogen-bond acceptors (Lipinski definition) is 5. The minimum absolute atomic E-state index is 0. The number of rotatable bonds is 5. The lowest BCUT2D eigenvalue weighted by Crippen LogP contribution is -2.52. The van der Waals surface area contributed by atoms with Gasteiger partial charge in [0.1, 0.15) is 0 Å². The number of nitrogens with one attached hydrogen (secondary N) is 2. The van der Waals surface area contributed by atoms with Crippen LogP contribution in [0.2, 0.25) is 0 Å². The monoisotopic (exact) mass is 345 g/mol. The highest BCUT2D eigenvalue weighted by Gasteiger charge is 2.28. The summed E-state index contributed by atoms with van der Waals surface area (Å²) in [6.07, 6.45) is 0. The lowest BCUT2D eigenvalue weighted by atomic mass is 10.0. The van der Waals surface area contributed by atoms with E-state index in [1.807, 2.05) is 11.3 Å². The van der Waals surface area contributed by atoms with Crippen molar-refractivity contribution in [3.05, 3.63) is 21.9 Å². The molecule has 1 unspecified atom stereocenters. The van der Waals surface area contributed by atoms with Crippen molar-refractivity contribution in [2.24, 2.45) is 5.92 Å². The van der Waals surface area contributed by atoms with Crippen LogP contribution in [0.25, 0.3) is 0 Å². The molecule has 2 saturated heterocycles. The molecular weight excluding hydrogens is 322 g/mol. The standard InChI is InChI=1S/C15H23N3O2S.ClH/c1-11-2-3-14(21-11)13(18-4-6-20-7-5-18)10-17-15(19)12-8-16-9-12;/h2-3,12-13,16H,4-10H2,1H3,(H,17,19);1H. The summed E-state index contributed by atoms with van der Waals surface area (Å²) in [4.78, 5) is 17.1. The molecule has 3 heterocycles. The van der Waals surface area contributed by atoms with Gasteiger partial charge in [-0.15, -0.1) is 23.7 Å². The molecule has 7 heteroatoms. The first-order valence-electron chi connectivity index (χ1n) is 7.60. The van der Waals surface area contributed by atoms with Crippen LogP contribution in [0.3, 0.4) is 0 Å². The molecule has 0 aromatic carbocycles. The van der Waals surface area contributed by atoms with Gasteiger partial charge in [-0.05, 0) is 19.1 Å². The lowest BCUT2D eigenvalue weighted by Gasteiger charge is -2.35. The molecule has 0 bridgehead atoms. The summed E-state index contributed by atoms with van der Waals surface area (Å²) >= 11 is 1.82. The summed E-state index contributed by atoms with van der Waals surface area (Å²) in [7, 11) is 0. The minimum Gasteiger partial charge on any atom is -0.379 e. The SMILES string of the molecule is Cc1ccc(C(CNC(=O)C2CNC2)N2CCOCC2)s1.Cl. The van der Waals surface area contributed by atoms with Crippen molar-refractivity contribution in [2.45, 2.75) is 13.0 Å². The fraction of sp³-hybridized carbons (Fsp3) is 0.667. The van der Waals surface area contributed by atoms with Gasteiger partial charge in [-0.25, -0.2) is 0 Å². The molecule has 0 aliphatic carbocycles. The van der Waals surface area contributed by atoms with E-state index in [1.165, 1.54) is 9.75 Å². The zero-order chi connectivity index (χ0) is 14.7. The number of morpholine rings is 1. The molecule has 0 spiro atoms. The van der Waals surface area contributed by atoms with Crippen LogP contribution in [0.5, 0.6) is 0 Å². The number of nitrogens with zero attached hydrogens (tertiary/aromatic N) is 1. The van der Waals surface area contributed by atoms with Crippen LogP contribution in [-0.2, 0) is 9.53 Å². The second-order valence-electron chi connectivity index (χ2n) is 5.71. The zero-order valence-electron chi connectivity index (χ0n) is 12.8. The topological polar surface area (TPSA) is 53.6 Å². The number of carbonyl (C=O) groups is 1. The van der Waals surface area contributed by atoms with Crippen molar-refractivity contribution in [3.63, 3.8) is 0 Å². The van der Waals surface area contributed by atoms with E-state index in [4.69, 9.17) is 4.74 Å². The first kappa shape index (κ1) is 17.7. The molecule has 1 aromatic heterocycles. The molecule has 0 saturated carbocycles. The smallest absolute Gasteiger partial charge is 0.225 e. The number of carbonyl (C=O) groups excluding carboxylic acids is 1.